The Kier molecular flexibility index (Phi) is 3.47. The first kappa shape index (κ1) is 14.0. The van der Waals surface area contributed by atoms with Gasteiger partial charge in [0, 0.05) is 6.07 Å². The molecule has 0 bridgehead atoms. The van der Waals surface area contributed by atoms with Crippen molar-refractivity contribution < 1.29 is 24.0 Å². The van der Waals surface area contributed by atoms with Gasteiger partial charge >= 0.3 is 11.7 Å². The lowest BCUT2D eigenvalue weighted by Crippen LogP contribution is -2.52. The lowest BCUT2D eigenvalue weighted by atomic mass is 9.76. The number of methoxy groups -OCH3 is 1. The molecule has 1 aromatic carbocycles. The van der Waals surface area contributed by atoms with E-state index < -0.39 is 27.9 Å². The third kappa shape index (κ3) is 2.24. The number of hydrogen-bond acceptors (Lipinski definition) is 5. The fourth-order valence-electron chi connectivity index (χ4n) is 2.13. The first-order chi connectivity index (χ1) is 9.39. The summed E-state index contributed by atoms with van der Waals surface area (Å²) in [6, 6.07) is 1.83. The van der Waals surface area contributed by atoms with E-state index in [-0.39, 0.29) is 11.4 Å². The Balaban J connectivity index is 2.38. The van der Waals surface area contributed by atoms with E-state index in [2.05, 4.69) is 5.32 Å². The smallest absolute Gasteiger partial charge is 0.329 e. The van der Waals surface area contributed by atoms with Gasteiger partial charge in [0.05, 0.1) is 23.8 Å². The van der Waals surface area contributed by atoms with Crippen LogP contribution in [-0.2, 0) is 4.79 Å². The first-order valence-corrected chi connectivity index (χ1v) is 5.93. The number of nitrogens with zero attached hydrogens (tertiary/aromatic N) is 1. The molecule has 1 saturated carbocycles. The van der Waals surface area contributed by atoms with Gasteiger partial charge in [0.2, 0.25) is 0 Å². The highest BCUT2D eigenvalue weighted by atomic mass is 19.1. The molecule has 8 heteroatoms. The molecule has 2 N–H and O–H groups in total. The van der Waals surface area contributed by atoms with E-state index in [1.807, 2.05) is 0 Å². The molecule has 0 aliphatic heterocycles. The fourth-order valence-corrected chi connectivity index (χ4v) is 2.13. The minimum absolute atomic E-state index is 0.116. The molecule has 0 heterocycles. The number of nitro groups is 1. The molecule has 2 rings (SSSR count). The second-order valence-electron chi connectivity index (χ2n) is 4.63. The van der Waals surface area contributed by atoms with Crippen LogP contribution >= 0.6 is 0 Å². The summed E-state index contributed by atoms with van der Waals surface area (Å²) in [4.78, 5) is 21.2. The summed E-state index contributed by atoms with van der Waals surface area (Å²) in [6.07, 6.45) is 1.48. The number of nitrogens with one attached hydrogen (secondary N) is 1. The van der Waals surface area contributed by atoms with Crippen LogP contribution in [-0.4, -0.2) is 28.6 Å². The molecule has 1 fully saturated rings. The largest absolute Gasteiger partial charge is 0.490 e. The van der Waals surface area contributed by atoms with Crippen molar-refractivity contribution in [2.24, 2.45) is 0 Å². The Labute approximate surface area is 113 Å². The van der Waals surface area contributed by atoms with Crippen molar-refractivity contribution in [3.05, 3.63) is 28.1 Å². The fraction of sp³-hybridized carbons (Fsp3) is 0.417. The minimum Gasteiger partial charge on any atom is -0.490 e. The second kappa shape index (κ2) is 4.95. The molecule has 0 radical (unpaired) electrons. The van der Waals surface area contributed by atoms with Crippen molar-refractivity contribution in [2.45, 2.75) is 24.8 Å². The van der Waals surface area contributed by atoms with Crippen molar-refractivity contribution >= 4 is 17.3 Å². The number of benzene rings is 1. The molecule has 7 nitrogen and oxygen atoms in total. The van der Waals surface area contributed by atoms with Crippen LogP contribution in [0, 0.1) is 15.9 Å². The number of rotatable bonds is 5. The van der Waals surface area contributed by atoms with Crippen LogP contribution in [0.15, 0.2) is 12.1 Å². The molecule has 0 atom stereocenters. The maximum absolute atomic E-state index is 13.9. The summed E-state index contributed by atoms with van der Waals surface area (Å²) in [5.74, 6) is -2.08. The topological polar surface area (TPSA) is 102 Å². The van der Waals surface area contributed by atoms with Gasteiger partial charge in [0.15, 0.2) is 11.6 Å². The Morgan fingerprint density at radius 1 is 1.55 bits per heavy atom. The average Bonchev–Trinajstić information content (AvgIpc) is 2.34. The van der Waals surface area contributed by atoms with Gasteiger partial charge in [-0.3, -0.25) is 10.1 Å². The molecule has 1 aromatic rings. The predicted molar refractivity (Wildman–Crippen MR) is 67.4 cm³/mol. The molecule has 0 saturated heterocycles. The molecule has 0 amide bonds. The highest BCUT2D eigenvalue weighted by Crippen LogP contribution is 2.39. The normalized spacial score (nSPS) is 16.1. The van der Waals surface area contributed by atoms with E-state index in [4.69, 9.17) is 4.74 Å². The number of carboxylic acid groups (broad SMARTS) is 1. The van der Waals surface area contributed by atoms with Crippen molar-refractivity contribution in [2.75, 3.05) is 12.4 Å². The average molecular weight is 284 g/mol. The summed E-state index contributed by atoms with van der Waals surface area (Å²) < 4.78 is 18.7. The summed E-state index contributed by atoms with van der Waals surface area (Å²) in [6.45, 7) is 0. The Morgan fingerprint density at radius 3 is 2.60 bits per heavy atom. The third-order valence-corrected chi connectivity index (χ3v) is 3.46. The number of carbonyl (C=O) groups is 1. The van der Waals surface area contributed by atoms with Gasteiger partial charge in [0.25, 0.3) is 0 Å². The molecule has 20 heavy (non-hydrogen) atoms. The molecule has 0 unspecified atom stereocenters. The maximum Gasteiger partial charge on any atom is 0.329 e. The number of ether oxygens (including phenoxy) is 1. The molecule has 108 valence electrons. The lowest BCUT2D eigenvalue weighted by molar-refractivity contribution is -0.385. The Morgan fingerprint density at radius 2 is 2.20 bits per heavy atom. The quantitative estimate of drug-likeness (QED) is 0.634. The third-order valence-electron chi connectivity index (χ3n) is 3.46. The van der Waals surface area contributed by atoms with Crippen LogP contribution in [0.1, 0.15) is 19.3 Å². The van der Waals surface area contributed by atoms with Gasteiger partial charge < -0.3 is 15.2 Å². The molecule has 1 aliphatic carbocycles. The van der Waals surface area contributed by atoms with Crippen LogP contribution in [0.2, 0.25) is 0 Å². The van der Waals surface area contributed by atoms with Crippen molar-refractivity contribution in [1.29, 1.82) is 0 Å². The van der Waals surface area contributed by atoms with Crippen molar-refractivity contribution in [3.63, 3.8) is 0 Å². The predicted octanol–water partition coefficient (Wildman–Crippen LogP) is 2.16. The van der Waals surface area contributed by atoms with Crippen LogP contribution in [0.4, 0.5) is 15.8 Å². The van der Waals surface area contributed by atoms with E-state index in [1.165, 1.54) is 7.11 Å². The zero-order chi connectivity index (χ0) is 14.9. The molecule has 1 aliphatic rings. The zero-order valence-electron chi connectivity index (χ0n) is 10.7. The lowest BCUT2D eigenvalue weighted by Gasteiger charge is -2.39. The van der Waals surface area contributed by atoms with Crippen LogP contribution in [0.25, 0.3) is 0 Å². The first-order valence-electron chi connectivity index (χ1n) is 5.93. The molecule has 0 spiro atoms. The summed E-state index contributed by atoms with van der Waals surface area (Å²) >= 11 is 0. The van der Waals surface area contributed by atoms with Gasteiger partial charge in [-0.15, -0.1) is 0 Å². The van der Waals surface area contributed by atoms with Gasteiger partial charge in [-0.2, -0.15) is 0 Å². The van der Waals surface area contributed by atoms with E-state index in [0.29, 0.717) is 12.8 Å². The van der Waals surface area contributed by atoms with E-state index in [1.54, 1.807) is 0 Å². The van der Waals surface area contributed by atoms with Crippen LogP contribution < -0.4 is 10.1 Å². The van der Waals surface area contributed by atoms with Crippen LogP contribution in [0.3, 0.4) is 0 Å². The Bertz CT molecular complexity index is 571. The van der Waals surface area contributed by atoms with E-state index >= 15 is 0 Å². The summed E-state index contributed by atoms with van der Waals surface area (Å²) in [7, 11) is 1.22. The molecule has 0 aromatic heterocycles. The molecular formula is C12H13FN2O5. The summed E-state index contributed by atoms with van der Waals surface area (Å²) in [5.41, 5.74) is -1.83. The van der Waals surface area contributed by atoms with Crippen LogP contribution in [0.5, 0.6) is 5.75 Å². The number of anilines is 1. The monoisotopic (exact) mass is 284 g/mol. The Hall–Kier alpha value is -2.38. The van der Waals surface area contributed by atoms with Gasteiger partial charge in [-0.05, 0) is 19.3 Å². The van der Waals surface area contributed by atoms with E-state index in [0.717, 1.165) is 18.6 Å². The number of halogens is 1. The molecular weight excluding hydrogens is 271 g/mol. The highest BCUT2D eigenvalue weighted by Gasteiger charge is 2.45. The highest BCUT2D eigenvalue weighted by molar-refractivity contribution is 5.84. The van der Waals surface area contributed by atoms with E-state index in [9.17, 15) is 24.4 Å². The van der Waals surface area contributed by atoms with Gasteiger partial charge in [-0.1, -0.05) is 0 Å². The number of aliphatic carboxylic acids is 1. The number of nitro benzene ring substituents is 1. The summed E-state index contributed by atoms with van der Waals surface area (Å²) in [5, 5.41) is 22.6. The number of hydrogen-bond donors (Lipinski definition) is 2. The number of carboxylic acids is 1. The maximum atomic E-state index is 13.9. The second-order valence-corrected chi connectivity index (χ2v) is 4.63. The standard InChI is InChI=1S/C12H13FN2O5/c1-20-10-6-8(7(13)5-9(10)15(18)19)14-12(11(16)17)3-2-4-12/h5-6,14H,2-4H2,1H3,(H,16,17). The van der Waals surface area contributed by atoms with Gasteiger partial charge in [0.1, 0.15) is 5.54 Å². The van der Waals surface area contributed by atoms with Crippen molar-refractivity contribution in [3.8, 4) is 5.75 Å². The zero-order valence-corrected chi connectivity index (χ0v) is 10.7. The minimum atomic E-state index is -1.21. The SMILES string of the molecule is COc1cc(NC2(C(=O)O)CCC2)c(F)cc1[N+](=O)[O-]. The van der Waals surface area contributed by atoms with Gasteiger partial charge in [-0.25, -0.2) is 9.18 Å². The van der Waals surface area contributed by atoms with Crippen molar-refractivity contribution in [1.82, 2.24) is 0 Å².